The van der Waals surface area contributed by atoms with Gasteiger partial charge in [-0.1, -0.05) is 31.5 Å². The van der Waals surface area contributed by atoms with Gasteiger partial charge in [0.05, 0.1) is 5.02 Å². The van der Waals surface area contributed by atoms with Crippen LogP contribution in [0.15, 0.2) is 30.3 Å². The molecule has 1 unspecified atom stereocenters. The van der Waals surface area contributed by atoms with Crippen LogP contribution in [0.3, 0.4) is 0 Å². The van der Waals surface area contributed by atoms with E-state index < -0.39 is 0 Å². The van der Waals surface area contributed by atoms with Crippen LogP contribution in [-0.2, 0) is 0 Å². The summed E-state index contributed by atoms with van der Waals surface area (Å²) in [6.45, 7) is 5.49. The lowest BCUT2D eigenvalue weighted by molar-refractivity contribution is 0.525. The molecule has 1 heterocycles. The summed E-state index contributed by atoms with van der Waals surface area (Å²) in [6, 6.07) is 11.1. The first-order valence-electron chi connectivity index (χ1n) is 6.94. The van der Waals surface area contributed by atoms with Crippen LogP contribution in [-0.4, -0.2) is 6.54 Å². The molecule has 20 heavy (non-hydrogen) atoms. The van der Waals surface area contributed by atoms with Crippen molar-refractivity contribution in [2.24, 2.45) is 0 Å². The van der Waals surface area contributed by atoms with Gasteiger partial charge < -0.3 is 5.32 Å². The minimum absolute atomic E-state index is 0.455. The SMILES string of the molecule is CCCNC(CC)c1ccc(-c2ccc(I)cc2Cl)s1. The van der Waals surface area contributed by atoms with Crippen molar-refractivity contribution in [1.29, 1.82) is 0 Å². The van der Waals surface area contributed by atoms with Gasteiger partial charge >= 0.3 is 0 Å². The smallest absolute Gasteiger partial charge is 0.0503 e. The molecule has 0 aliphatic rings. The van der Waals surface area contributed by atoms with Crippen LogP contribution < -0.4 is 5.32 Å². The van der Waals surface area contributed by atoms with Gasteiger partial charge in [0, 0.05) is 24.9 Å². The van der Waals surface area contributed by atoms with Crippen LogP contribution in [0.2, 0.25) is 5.02 Å². The minimum atomic E-state index is 0.455. The minimum Gasteiger partial charge on any atom is -0.309 e. The predicted octanol–water partition coefficient (Wildman–Crippen LogP) is 6.12. The van der Waals surface area contributed by atoms with Crippen molar-refractivity contribution in [2.75, 3.05) is 6.54 Å². The van der Waals surface area contributed by atoms with Crippen LogP contribution >= 0.6 is 45.5 Å². The number of rotatable bonds is 6. The van der Waals surface area contributed by atoms with E-state index in [9.17, 15) is 0 Å². The Morgan fingerprint density at radius 2 is 2.05 bits per heavy atom. The molecular formula is C16H19ClINS. The lowest BCUT2D eigenvalue weighted by atomic mass is 10.1. The highest BCUT2D eigenvalue weighted by molar-refractivity contribution is 14.1. The number of hydrogen-bond acceptors (Lipinski definition) is 2. The fourth-order valence-corrected chi connectivity index (χ4v) is 4.36. The summed E-state index contributed by atoms with van der Waals surface area (Å²) >= 11 is 10.5. The summed E-state index contributed by atoms with van der Waals surface area (Å²) in [5.41, 5.74) is 1.13. The number of hydrogen-bond donors (Lipinski definition) is 1. The number of nitrogens with one attached hydrogen (secondary N) is 1. The van der Waals surface area contributed by atoms with E-state index in [2.05, 4.69) is 66.0 Å². The first-order valence-corrected chi connectivity index (χ1v) is 9.21. The molecule has 1 N–H and O–H groups in total. The molecule has 0 amide bonds. The normalized spacial score (nSPS) is 12.6. The second kappa shape index (κ2) is 7.78. The van der Waals surface area contributed by atoms with Gasteiger partial charge in [0.15, 0.2) is 0 Å². The van der Waals surface area contributed by atoms with E-state index in [1.54, 1.807) is 0 Å². The van der Waals surface area contributed by atoms with Gasteiger partial charge in [-0.05, 0) is 66.2 Å². The quantitative estimate of drug-likeness (QED) is 0.556. The van der Waals surface area contributed by atoms with Crippen LogP contribution in [0.1, 0.15) is 37.6 Å². The van der Waals surface area contributed by atoms with Crippen molar-refractivity contribution in [3.8, 4) is 10.4 Å². The van der Waals surface area contributed by atoms with E-state index in [1.165, 1.54) is 13.3 Å². The maximum Gasteiger partial charge on any atom is 0.0503 e. The summed E-state index contributed by atoms with van der Waals surface area (Å²) < 4.78 is 1.17. The Kier molecular flexibility index (Phi) is 6.33. The van der Waals surface area contributed by atoms with Crippen LogP contribution in [0, 0.1) is 3.57 Å². The molecule has 4 heteroatoms. The Balaban J connectivity index is 2.23. The van der Waals surface area contributed by atoms with Gasteiger partial charge in [0.2, 0.25) is 0 Å². The maximum absolute atomic E-state index is 6.36. The molecule has 0 aliphatic carbocycles. The second-order valence-corrected chi connectivity index (χ2v) is 7.51. The van der Waals surface area contributed by atoms with E-state index in [1.807, 2.05) is 17.4 Å². The van der Waals surface area contributed by atoms with Gasteiger partial charge in [-0.15, -0.1) is 11.3 Å². The van der Waals surface area contributed by atoms with E-state index in [4.69, 9.17) is 11.6 Å². The van der Waals surface area contributed by atoms with Gasteiger partial charge in [-0.3, -0.25) is 0 Å². The first-order chi connectivity index (χ1) is 9.65. The van der Waals surface area contributed by atoms with Crippen molar-refractivity contribution >= 4 is 45.5 Å². The van der Waals surface area contributed by atoms with Crippen molar-refractivity contribution in [3.63, 3.8) is 0 Å². The Morgan fingerprint density at radius 1 is 1.25 bits per heavy atom. The monoisotopic (exact) mass is 419 g/mol. The molecule has 1 aromatic heterocycles. The summed E-state index contributed by atoms with van der Waals surface area (Å²) in [5.74, 6) is 0. The standard InChI is InChI=1S/C16H19ClINS/c1-3-9-19-14(4-2)16-8-7-15(20-16)12-6-5-11(18)10-13(12)17/h5-8,10,14,19H,3-4,9H2,1-2H3. The molecule has 2 rings (SSSR count). The summed E-state index contributed by atoms with van der Waals surface area (Å²) in [5, 5.41) is 4.43. The highest BCUT2D eigenvalue weighted by atomic mass is 127. The molecule has 108 valence electrons. The van der Waals surface area contributed by atoms with Crippen LogP contribution in [0.5, 0.6) is 0 Å². The summed E-state index contributed by atoms with van der Waals surface area (Å²) in [4.78, 5) is 2.64. The lowest BCUT2D eigenvalue weighted by Gasteiger charge is -2.14. The Bertz CT molecular complexity index is 567. The van der Waals surface area contributed by atoms with Crippen molar-refractivity contribution < 1.29 is 0 Å². The van der Waals surface area contributed by atoms with E-state index >= 15 is 0 Å². The Labute approximate surface area is 143 Å². The number of thiophene rings is 1. The zero-order valence-corrected chi connectivity index (χ0v) is 15.5. The van der Waals surface area contributed by atoms with Gasteiger partial charge in [0.1, 0.15) is 0 Å². The average molecular weight is 420 g/mol. The molecule has 0 bridgehead atoms. The molecule has 1 aromatic carbocycles. The fraction of sp³-hybridized carbons (Fsp3) is 0.375. The molecular weight excluding hydrogens is 401 g/mol. The summed E-state index contributed by atoms with van der Waals surface area (Å²) in [7, 11) is 0. The topological polar surface area (TPSA) is 12.0 Å². The molecule has 0 aliphatic heterocycles. The summed E-state index contributed by atoms with van der Waals surface area (Å²) in [6.07, 6.45) is 2.28. The third kappa shape index (κ3) is 3.97. The highest BCUT2D eigenvalue weighted by Crippen LogP contribution is 2.36. The molecule has 1 atom stereocenters. The zero-order valence-electron chi connectivity index (χ0n) is 11.7. The number of halogens is 2. The molecule has 0 spiro atoms. The van der Waals surface area contributed by atoms with Crippen molar-refractivity contribution in [1.82, 2.24) is 5.32 Å². The molecule has 0 saturated carbocycles. The van der Waals surface area contributed by atoms with Crippen molar-refractivity contribution in [3.05, 3.63) is 43.8 Å². The van der Waals surface area contributed by atoms with E-state index in [0.717, 1.165) is 30.0 Å². The van der Waals surface area contributed by atoms with Crippen molar-refractivity contribution in [2.45, 2.75) is 32.7 Å². The fourth-order valence-electron chi connectivity index (χ4n) is 2.14. The molecule has 0 radical (unpaired) electrons. The largest absolute Gasteiger partial charge is 0.309 e. The second-order valence-electron chi connectivity index (χ2n) is 4.74. The molecule has 1 nitrogen and oxygen atoms in total. The van der Waals surface area contributed by atoms with Gasteiger partial charge in [-0.2, -0.15) is 0 Å². The molecule has 0 saturated heterocycles. The number of benzene rings is 1. The predicted molar refractivity (Wildman–Crippen MR) is 98.8 cm³/mol. The van der Waals surface area contributed by atoms with E-state index in [-0.39, 0.29) is 0 Å². The molecule has 2 aromatic rings. The van der Waals surface area contributed by atoms with Gasteiger partial charge in [0.25, 0.3) is 0 Å². The van der Waals surface area contributed by atoms with Crippen LogP contribution in [0.25, 0.3) is 10.4 Å². The molecule has 0 fully saturated rings. The first kappa shape index (κ1) is 16.3. The van der Waals surface area contributed by atoms with Crippen LogP contribution in [0.4, 0.5) is 0 Å². The zero-order chi connectivity index (χ0) is 14.5. The third-order valence-corrected chi connectivity index (χ3v) is 5.43. The van der Waals surface area contributed by atoms with Gasteiger partial charge in [-0.25, -0.2) is 0 Å². The maximum atomic E-state index is 6.36. The highest BCUT2D eigenvalue weighted by Gasteiger charge is 2.13. The van der Waals surface area contributed by atoms with E-state index in [0.29, 0.717) is 6.04 Å². The Morgan fingerprint density at radius 3 is 2.70 bits per heavy atom. The average Bonchev–Trinajstić information content (AvgIpc) is 2.89. The lowest BCUT2D eigenvalue weighted by Crippen LogP contribution is -2.20. The third-order valence-electron chi connectivity index (χ3n) is 3.22. The Hall–Kier alpha value is -0.100.